The maximum Gasteiger partial charge on any atom is 0.233 e. The Labute approximate surface area is 153 Å². The predicted molar refractivity (Wildman–Crippen MR) is 103 cm³/mol. The molecule has 5 heteroatoms. The number of hydrogen-bond acceptors (Lipinski definition) is 4. The van der Waals surface area contributed by atoms with E-state index in [1.54, 1.807) is 26.0 Å². The van der Waals surface area contributed by atoms with E-state index in [1.807, 2.05) is 51.1 Å². The molecule has 0 unspecified atom stereocenters. The van der Waals surface area contributed by atoms with Crippen molar-refractivity contribution in [2.75, 3.05) is 14.2 Å². The fourth-order valence-corrected chi connectivity index (χ4v) is 3.34. The molecular weight excluding hydrogens is 334 g/mol. The highest BCUT2D eigenvalue weighted by atomic mass is 32.2. The molecule has 25 heavy (non-hydrogen) atoms. The summed E-state index contributed by atoms with van der Waals surface area (Å²) in [5, 5.41) is 2.87. The second-order valence-corrected chi connectivity index (χ2v) is 7.33. The minimum absolute atomic E-state index is 0.0112. The normalized spacial score (nSPS) is 13.0. The summed E-state index contributed by atoms with van der Waals surface area (Å²) in [5.41, 5.74) is 2.10. The van der Waals surface area contributed by atoms with Crippen molar-refractivity contribution < 1.29 is 14.3 Å². The highest BCUT2D eigenvalue weighted by Gasteiger charge is 2.19. The lowest BCUT2D eigenvalue weighted by Gasteiger charge is -2.20. The number of carbonyl (C=O) groups excluding carboxylic acids is 1. The van der Waals surface area contributed by atoms with Crippen LogP contribution >= 0.6 is 11.8 Å². The first-order valence-corrected chi connectivity index (χ1v) is 9.08. The van der Waals surface area contributed by atoms with E-state index in [1.165, 1.54) is 5.56 Å². The van der Waals surface area contributed by atoms with Gasteiger partial charge in [0.15, 0.2) is 0 Å². The molecule has 134 valence electrons. The zero-order chi connectivity index (χ0) is 18.4. The number of hydrogen-bond donors (Lipinski definition) is 1. The van der Waals surface area contributed by atoms with Crippen LogP contribution in [0.5, 0.6) is 11.5 Å². The third-order valence-electron chi connectivity index (χ3n) is 3.97. The van der Waals surface area contributed by atoms with Crippen LogP contribution in [0, 0.1) is 6.92 Å². The van der Waals surface area contributed by atoms with Gasteiger partial charge < -0.3 is 14.8 Å². The van der Waals surface area contributed by atoms with Crippen LogP contribution in [0.4, 0.5) is 0 Å². The molecule has 0 aromatic heterocycles. The monoisotopic (exact) mass is 359 g/mol. The third kappa shape index (κ3) is 5.16. The maximum atomic E-state index is 12.5. The number of methoxy groups -OCH3 is 2. The summed E-state index contributed by atoms with van der Waals surface area (Å²) in [7, 11) is 3.24. The number of rotatable bonds is 7. The molecule has 2 aromatic carbocycles. The van der Waals surface area contributed by atoms with Gasteiger partial charge in [0.2, 0.25) is 5.91 Å². The average Bonchev–Trinajstić information content (AvgIpc) is 2.62. The molecule has 0 aliphatic rings. The zero-order valence-electron chi connectivity index (χ0n) is 15.3. The number of amides is 1. The lowest BCUT2D eigenvalue weighted by atomic mass is 10.1. The first kappa shape index (κ1) is 19.2. The molecule has 2 aromatic rings. The molecule has 4 nitrogen and oxygen atoms in total. The number of benzene rings is 2. The third-order valence-corrected chi connectivity index (χ3v) is 5.08. The van der Waals surface area contributed by atoms with Crippen molar-refractivity contribution in [3.8, 4) is 11.5 Å². The highest BCUT2D eigenvalue weighted by molar-refractivity contribution is 8.00. The van der Waals surface area contributed by atoms with E-state index < -0.39 is 0 Å². The summed E-state index contributed by atoms with van der Waals surface area (Å²) in [6.07, 6.45) is 0. The molecule has 0 saturated carbocycles. The van der Waals surface area contributed by atoms with Crippen molar-refractivity contribution in [2.24, 2.45) is 0 Å². The average molecular weight is 359 g/mol. The topological polar surface area (TPSA) is 47.6 Å². The molecule has 2 atom stereocenters. The van der Waals surface area contributed by atoms with Crippen LogP contribution in [0.2, 0.25) is 0 Å². The number of thioether (sulfide) groups is 1. The number of nitrogens with one attached hydrogen (secondary N) is 1. The van der Waals surface area contributed by atoms with E-state index in [0.29, 0.717) is 0 Å². The van der Waals surface area contributed by atoms with Crippen molar-refractivity contribution in [1.82, 2.24) is 5.32 Å². The van der Waals surface area contributed by atoms with E-state index in [-0.39, 0.29) is 17.2 Å². The Morgan fingerprint density at radius 3 is 2.32 bits per heavy atom. The standard InChI is InChI=1S/C20H25NO3S/c1-13-6-9-17(10-7-13)25-15(3)20(22)21-14(2)18-12-16(23-4)8-11-19(18)24-5/h6-12,14-15H,1-5H3,(H,21,22)/t14-,15+/m1/s1. The first-order chi connectivity index (χ1) is 11.9. The van der Waals surface area contributed by atoms with Gasteiger partial charge >= 0.3 is 0 Å². The second kappa shape index (κ2) is 8.81. The highest BCUT2D eigenvalue weighted by Crippen LogP contribution is 2.30. The summed E-state index contributed by atoms with van der Waals surface area (Å²) >= 11 is 1.55. The summed E-state index contributed by atoms with van der Waals surface area (Å²) in [4.78, 5) is 13.6. The van der Waals surface area contributed by atoms with E-state index in [9.17, 15) is 4.79 Å². The number of carbonyl (C=O) groups is 1. The molecule has 0 radical (unpaired) electrons. The maximum absolute atomic E-state index is 12.5. The van der Waals surface area contributed by atoms with Gasteiger partial charge in [-0.3, -0.25) is 4.79 Å². The van der Waals surface area contributed by atoms with Crippen LogP contribution in [0.3, 0.4) is 0 Å². The largest absolute Gasteiger partial charge is 0.497 e. The Morgan fingerprint density at radius 2 is 1.72 bits per heavy atom. The minimum atomic E-state index is -0.193. The van der Waals surface area contributed by atoms with Gasteiger partial charge in [0.05, 0.1) is 25.5 Å². The van der Waals surface area contributed by atoms with Crippen molar-refractivity contribution >= 4 is 17.7 Å². The van der Waals surface area contributed by atoms with Gasteiger partial charge in [-0.2, -0.15) is 0 Å². The van der Waals surface area contributed by atoms with Crippen LogP contribution in [0.1, 0.15) is 31.0 Å². The second-order valence-electron chi connectivity index (χ2n) is 5.91. The fraction of sp³-hybridized carbons (Fsp3) is 0.350. The van der Waals surface area contributed by atoms with Crippen LogP contribution in [0.15, 0.2) is 47.4 Å². The van der Waals surface area contributed by atoms with Gasteiger partial charge in [0.1, 0.15) is 11.5 Å². The molecule has 1 N–H and O–H groups in total. The molecule has 2 rings (SSSR count). The SMILES string of the molecule is COc1ccc(OC)c([C@@H](C)NC(=O)[C@H](C)Sc2ccc(C)cc2)c1. The molecule has 0 fully saturated rings. The smallest absolute Gasteiger partial charge is 0.233 e. The van der Waals surface area contributed by atoms with Crippen LogP contribution in [0.25, 0.3) is 0 Å². The minimum Gasteiger partial charge on any atom is -0.497 e. The summed E-state index contributed by atoms with van der Waals surface area (Å²) in [5.74, 6) is 1.45. The fourth-order valence-electron chi connectivity index (χ4n) is 2.46. The van der Waals surface area contributed by atoms with Gasteiger partial charge in [-0.25, -0.2) is 0 Å². The summed E-state index contributed by atoms with van der Waals surface area (Å²) < 4.78 is 10.7. The Hall–Kier alpha value is -2.14. The number of aryl methyl sites for hydroxylation is 1. The van der Waals surface area contributed by atoms with E-state index in [2.05, 4.69) is 17.4 Å². The Bertz CT molecular complexity index is 715. The molecule has 1 amide bonds. The molecular formula is C20H25NO3S. The van der Waals surface area contributed by atoms with E-state index in [4.69, 9.17) is 9.47 Å². The van der Waals surface area contributed by atoms with Crippen LogP contribution in [-0.4, -0.2) is 25.4 Å². The van der Waals surface area contributed by atoms with Crippen molar-refractivity contribution in [3.63, 3.8) is 0 Å². The molecule has 0 bridgehead atoms. The first-order valence-electron chi connectivity index (χ1n) is 8.20. The van der Waals surface area contributed by atoms with E-state index >= 15 is 0 Å². The molecule has 0 aliphatic heterocycles. The lowest BCUT2D eigenvalue weighted by molar-refractivity contribution is -0.120. The molecule has 0 aliphatic carbocycles. The summed E-state index contributed by atoms with van der Waals surface area (Å²) in [6.45, 7) is 5.90. The Balaban J connectivity index is 2.05. The quantitative estimate of drug-likeness (QED) is 0.746. The van der Waals surface area contributed by atoms with Crippen molar-refractivity contribution in [1.29, 1.82) is 0 Å². The van der Waals surface area contributed by atoms with Crippen LogP contribution < -0.4 is 14.8 Å². The van der Waals surface area contributed by atoms with E-state index in [0.717, 1.165) is 22.0 Å². The zero-order valence-corrected chi connectivity index (χ0v) is 16.1. The Morgan fingerprint density at radius 1 is 1.04 bits per heavy atom. The molecule has 0 heterocycles. The lowest BCUT2D eigenvalue weighted by Crippen LogP contribution is -2.33. The number of ether oxygens (including phenoxy) is 2. The summed E-state index contributed by atoms with van der Waals surface area (Å²) in [6, 6.07) is 13.6. The Kier molecular flexibility index (Phi) is 6.76. The van der Waals surface area contributed by atoms with Crippen molar-refractivity contribution in [2.45, 2.75) is 37.0 Å². The van der Waals surface area contributed by atoms with Crippen molar-refractivity contribution in [3.05, 3.63) is 53.6 Å². The van der Waals surface area contributed by atoms with Gasteiger partial charge in [-0.1, -0.05) is 17.7 Å². The van der Waals surface area contributed by atoms with Crippen LogP contribution in [-0.2, 0) is 4.79 Å². The van der Waals surface area contributed by atoms with Gasteiger partial charge in [-0.05, 0) is 51.1 Å². The van der Waals surface area contributed by atoms with Gasteiger partial charge in [0.25, 0.3) is 0 Å². The van der Waals surface area contributed by atoms with Gasteiger partial charge in [-0.15, -0.1) is 11.8 Å². The molecule has 0 spiro atoms. The predicted octanol–water partition coefficient (Wildman–Crippen LogP) is 4.37. The van der Waals surface area contributed by atoms with Gasteiger partial charge in [0, 0.05) is 10.5 Å². The molecule has 0 saturated heterocycles.